The van der Waals surface area contributed by atoms with E-state index in [4.69, 9.17) is 0 Å². The molecular formula is C8H13BrO. The zero-order valence-electron chi connectivity index (χ0n) is 6.27. The van der Waals surface area contributed by atoms with Gasteiger partial charge in [0.25, 0.3) is 0 Å². The molecule has 1 rings (SSSR count). The van der Waals surface area contributed by atoms with Crippen molar-refractivity contribution >= 4 is 22.2 Å². The fourth-order valence-corrected chi connectivity index (χ4v) is 1.82. The third kappa shape index (κ3) is 1.82. The van der Waals surface area contributed by atoms with Crippen LogP contribution < -0.4 is 0 Å². The summed E-state index contributed by atoms with van der Waals surface area (Å²) in [4.78, 5) is 10.5. The lowest BCUT2D eigenvalue weighted by Gasteiger charge is -2.29. The fourth-order valence-electron chi connectivity index (χ4n) is 1.36. The van der Waals surface area contributed by atoms with Crippen LogP contribution in [-0.4, -0.2) is 10.6 Å². The minimum Gasteiger partial charge on any atom is -0.302 e. The Hall–Kier alpha value is 0.150. The molecule has 1 aliphatic rings. The molecule has 1 saturated carbocycles. The molecule has 0 aliphatic heterocycles. The van der Waals surface area contributed by atoms with Gasteiger partial charge in [0.15, 0.2) is 0 Å². The van der Waals surface area contributed by atoms with Crippen molar-refractivity contribution < 1.29 is 4.79 Å². The molecule has 0 bridgehead atoms. The first kappa shape index (κ1) is 8.25. The van der Waals surface area contributed by atoms with Gasteiger partial charge in [0, 0.05) is 0 Å². The van der Waals surface area contributed by atoms with Crippen molar-refractivity contribution in [2.24, 2.45) is 5.92 Å². The van der Waals surface area contributed by atoms with Crippen LogP contribution in [0.1, 0.15) is 32.6 Å². The quantitative estimate of drug-likeness (QED) is 0.474. The molecule has 0 aromatic heterocycles. The van der Waals surface area contributed by atoms with Crippen molar-refractivity contribution in [2.75, 3.05) is 0 Å². The molecule has 0 N–H and O–H groups in total. The molecule has 10 heavy (non-hydrogen) atoms. The van der Waals surface area contributed by atoms with Crippen LogP contribution in [-0.2, 0) is 4.79 Å². The third-order valence-electron chi connectivity index (χ3n) is 2.32. The van der Waals surface area contributed by atoms with Gasteiger partial charge in [-0.15, -0.1) is 0 Å². The molecule has 0 saturated heterocycles. The van der Waals surface area contributed by atoms with Crippen LogP contribution in [0.4, 0.5) is 0 Å². The van der Waals surface area contributed by atoms with E-state index in [0.717, 1.165) is 25.0 Å². The van der Waals surface area contributed by atoms with Gasteiger partial charge in [-0.25, -0.2) is 0 Å². The molecular weight excluding hydrogens is 192 g/mol. The van der Waals surface area contributed by atoms with Crippen LogP contribution in [0.5, 0.6) is 0 Å². The molecule has 1 aliphatic carbocycles. The summed E-state index contributed by atoms with van der Waals surface area (Å²) in [6.07, 6.45) is 5.45. The first-order valence-corrected chi connectivity index (χ1v) is 4.61. The van der Waals surface area contributed by atoms with E-state index in [1.54, 1.807) is 0 Å². The zero-order chi connectivity index (χ0) is 7.61. The lowest BCUT2D eigenvalue weighted by atomic mass is 9.84. The number of alkyl halides is 1. The van der Waals surface area contributed by atoms with E-state index in [1.165, 1.54) is 12.8 Å². The summed E-state index contributed by atoms with van der Waals surface area (Å²) in [5, 5.41) is 0. The Morgan fingerprint density at radius 2 is 2.00 bits per heavy atom. The monoisotopic (exact) mass is 204 g/mol. The van der Waals surface area contributed by atoms with Gasteiger partial charge < -0.3 is 4.79 Å². The molecule has 0 amide bonds. The summed E-state index contributed by atoms with van der Waals surface area (Å²) in [5.74, 6) is 0.811. The number of hydrogen-bond donors (Lipinski definition) is 0. The average Bonchev–Trinajstić information content (AvgIpc) is 1.96. The van der Waals surface area contributed by atoms with E-state index >= 15 is 0 Å². The molecule has 1 fully saturated rings. The maximum Gasteiger partial charge on any atom is 0.136 e. The van der Waals surface area contributed by atoms with Crippen LogP contribution in [0.2, 0.25) is 0 Å². The summed E-state index contributed by atoms with van der Waals surface area (Å²) < 4.78 is -0.167. The van der Waals surface area contributed by atoms with Crippen LogP contribution in [0, 0.1) is 5.92 Å². The van der Waals surface area contributed by atoms with Gasteiger partial charge in [-0.05, 0) is 31.6 Å². The second-order valence-corrected chi connectivity index (χ2v) is 4.91. The number of aldehydes is 1. The SMILES string of the molecule is CC1CCC(Br)(C=O)CC1. The van der Waals surface area contributed by atoms with Crippen LogP contribution in [0.25, 0.3) is 0 Å². The molecule has 0 aromatic carbocycles. The van der Waals surface area contributed by atoms with Crippen LogP contribution in [0.3, 0.4) is 0 Å². The van der Waals surface area contributed by atoms with Crippen molar-refractivity contribution in [2.45, 2.75) is 36.9 Å². The molecule has 0 unspecified atom stereocenters. The van der Waals surface area contributed by atoms with Gasteiger partial charge in [0.1, 0.15) is 6.29 Å². The first-order valence-electron chi connectivity index (χ1n) is 3.81. The van der Waals surface area contributed by atoms with Crippen molar-refractivity contribution in [3.63, 3.8) is 0 Å². The summed E-state index contributed by atoms with van der Waals surface area (Å²) in [5.41, 5.74) is 0. The minimum atomic E-state index is -0.167. The number of rotatable bonds is 1. The smallest absolute Gasteiger partial charge is 0.136 e. The van der Waals surface area contributed by atoms with Gasteiger partial charge in [-0.2, -0.15) is 0 Å². The summed E-state index contributed by atoms with van der Waals surface area (Å²) in [7, 11) is 0. The molecule has 58 valence electrons. The second-order valence-electron chi connectivity index (χ2n) is 3.33. The largest absolute Gasteiger partial charge is 0.302 e. The number of carbonyl (C=O) groups is 1. The maximum absolute atomic E-state index is 10.5. The van der Waals surface area contributed by atoms with Crippen molar-refractivity contribution in [1.29, 1.82) is 0 Å². The van der Waals surface area contributed by atoms with Gasteiger partial charge >= 0.3 is 0 Å². The topological polar surface area (TPSA) is 17.1 Å². The van der Waals surface area contributed by atoms with Gasteiger partial charge in [0.2, 0.25) is 0 Å². The standard InChI is InChI=1S/C8H13BrO/c1-7-2-4-8(9,6-10)5-3-7/h6-7H,2-5H2,1H3. The Labute approximate surface area is 70.3 Å². The Morgan fingerprint density at radius 3 is 2.40 bits per heavy atom. The molecule has 0 radical (unpaired) electrons. The Balaban J connectivity index is 2.46. The number of carbonyl (C=O) groups excluding carboxylic acids is 1. The Morgan fingerprint density at radius 1 is 1.50 bits per heavy atom. The molecule has 0 spiro atoms. The molecule has 2 heteroatoms. The van der Waals surface area contributed by atoms with E-state index in [1.807, 2.05) is 0 Å². The summed E-state index contributed by atoms with van der Waals surface area (Å²) in [6, 6.07) is 0. The van der Waals surface area contributed by atoms with Gasteiger partial charge in [-0.1, -0.05) is 22.9 Å². The number of halogens is 1. The Kier molecular flexibility index (Phi) is 2.50. The minimum absolute atomic E-state index is 0.167. The summed E-state index contributed by atoms with van der Waals surface area (Å²) in [6.45, 7) is 2.25. The normalized spacial score (nSPS) is 41.2. The first-order chi connectivity index (χ1) is 4.66. The lowest BCUT2D eigenvalue weighted by molar-refractivity contribution is -0.110. The lowest BCUT2D eigenvalue weighted by Crippen LogP contribution is -2.28. The molecule has 0 aromatic rings. The average molecular weight is 205 g/mol. The van der Waals surface area contributed by atoms with Crippen molar-refractivity contribution in [3.05, 3.63) is 0 Å². The zero-order valence-corrected chi connectivity index (χ0v) is 7.86. The van der Waals surface area contributed by atoms with Crippen LogP contribution >= 0.6 is 15.9 Å². The predicted octanol–water partition coefficient (Wildman–Crippen LogP) is 2.53. The van der Waals surface area contributed by atoms with Crippen molar-refractivity contribution in [1.82, 2.24) is 0 Å². The molecule has 0 heterocycles. The van der Waals surface area contributed by atoms with E-state index in [0.29, 0.717) is 0 Å². The highest BCUT2D eigenvalue weighted by molar-refractivity contribution is 9.10. The summed E-state index contributed by atoms with van der Waals surface area (Å²) >= 11 is 3.45. The van der Waals surface area contributed by atoms with E-state index in [2.05, 4.69) is 22.9 Å². The van der Waals surface area contributed by atoms with Crippen LogP contribution in [0.15, 0.2) is 0 Å². The maximum atomic E-state index is 10.5. The highest BCUT2D eigenvalue weighted by Gasteiger charge is 2.30. The Bertz CT molecular complexity index is 125. The van der Waals surface area contributed by atoms with Crippen molar-refractivity contribution in [3.8, 4) is 0 Å². The van der Waals surface area contributed by atoms with E-state index in [-0.39, 0.29) is 4.32 Å². The highest BCUT2D eigenvalue weighted by atomic mass is 79.9. The highest BCUT2D eigenvalue weighted by Crippen LogP contribution is 2.36. The number of hydrogen-bond acceptors (Lipinski definition) is 1. The molecule has 0 atom stereocenters. The fraction of sp³-hybridized carbons (Fsp3) is 0.875. The van der Waals surface area contributed by atoms with E-state index in [9.17, 15) is 4.79 Å². The second kappa shape index (κ2) is 3.04. The van der Waals surface area contributed by atoms with Gasteiger partial charge in [0.05, 0.1) is 4.32 Å². The third-order valence-corrected chi connectivity index (χ3v) is 3.30. The van der Waals surface area contributed by atoms with Gasteiger partial charge in [-0.3, -0.25) is 0 Å². The molecule has 1 nitrogen and oxygen atoms in total. The van der Waals surface area contributed by atoms with E-state index < -0.39 is 0 Å². The predicted molar refractivity (Wildman–Crippen MR) is 45.4 cm³/mol.